The summed E-state index contributed by atoms with van der Waals surface area (Å²) >= 11 is 1.26. The number of amides is 1. The molecule has 2 rings (SSSR count). The maximum absolute atomic E-state index is 12.5. The number of carbonyl (C=O) groups is 1. The minimum Gasteiger partial charge on any atom is -0.385 e. The topological polar surface area (TPSA) is 89.0 Å². The van der Waals surface area contributed by atoms with Gasteiger partial charge in [-0.1, -0.05) is 30.0 Å². The first-order valence-corrected chi connectivity index (χ1v) is 9.00. The van der Waals surface area contributed by atoms with Gasteiger partial charge < -0.3 is 10.1 Å². The number of H-pyrrole nitrogens is 1. The van der Waals surface area contributed by atoms with Crippen LogP contribution < -0.4 is 11.0 Å². The van der Waals surface area contributed by atoms with E-state index in [1.165, 1.54) is 16.3 Å². The molecule has 1 aromatic heterocycles. The highest BCUT2D eigenvalue weighted by atomic mass is 32.2. The van der Waals surface area contributed by atoms with Gasteiger partial charge in [-0.15, -0.1) is 5.10 Å². The molecule has 0 bridgehead atoms. The molecule has 0 radical (unpaired) electrons. The predicted octanol–water partition coefficient (Wildman–Crippen LogP) is 2.34. The van der Waals surface area contributed by atoms with Gasteiger partial charge in [-0.3, -0.25) is 9.36 Å². The minimum atomic E-state index is -0.393. The van der Waals surface area contributed by atoms with Gasteiger partial charge in [0.15, 0.2) is 5.16 Å². The van der Waals surface area contributed by atoms with Crippen LogP contribution in [0, 0.1) is 13.8 Å². The average Bonchev–Trinajstić information content (AvgIpc) is 2.91. The van der Waals surface area contributed by atoms with Gasteiger partial charge in [0, 0.05) is 25.9 Å². The number of aromatic amines is 1. The summed E-state index contributed by atoms with van der Waals surface area (Å²) in [5.41, 5.74) is 2.59. The Labute approximate surface area is 151 Å². The van der Waals surface area contributed by atoms with Crippen LogP contribution in [-0.2, 0) is 16.1 Å². The Balaban J connectivity index is 2.05. The van der Waals surface area contributed by atoms with Crippen LogP contribution in [0.25, 0.3) is 0 Å². The zero-order valence-electron chi connectivity index (χ0n) is 15.0. The summed E-state index contributed by atoms with van der Waals surface area (Å²) in [6.07, 6.45) is 0.701. The second kappa shape index (κ2) is 8.87. The molecule has 0 spiro atoms. The van der Waals surface area contributed by atoms with Crippen LogP contribution in [0.1, 0.15) is 24.5 Å². The van der Waals surface area contributed by atoms with E-state index < -0.39 is 5.25 Å². The Hall–Kier alpha value is -2.06. The summed E-state index contributed by atoms with van der Waals surface area (Å²) in [4.78, 5) is 24.4. The second-order valence-electron chi connectivity index (χ2n) is 5.83. The number of thioether (sulfide) groups is 1. The second-order valence-corrected chi connectivity index (χ2v) is 7.13. The van der Waals surface area contributed by atoms with Crippen molar-refractivity contribution in [3.05, 3.63) is 39.8 Å². The first kappa shape index (κ1) is 19.3. The molecule has 1 amide bonds. The van der Waals surface area contributed by atoms with Crippen molar-refractivity contribution in [1.29, 1.82) is 0 Å². The van der Waals surface area contributed by atoms with Gasteiger partial charge in [0.05, 0.1) is 5.25 Å². The summed E-state index contributed by atoms with van der Waals surface area (Å²) in [6, 6.07) is 5.88. The fraction of sp³-hybridized carbons (Fsp3) is 0.471. The molecular weight excluding hydrogens is 340 g/mol. The average molecular weight is 364 g/mol. The molecular formula is C17H24N4O3S. The fourth-order valence-corrected chi connectivity index (χ4v) is 3.29. The molecule has 0 saturated heterocycles. The summed E-state index contributed by atoms with van der Waals surface area (Å²) < 4.78 is 6.55. The van der Waals surface area contributed by atoms with Crippen LogP contribution in [0.3, 0.4) is 0 Å². The van der Waals surface area contributed by atoms with E-state index in [1.54, 1.807) is 14.0 Å². The number of benzene rings is 1. The Bertz CT molecular complexity index is 764. The van der Waals surface area contributed by atoms with Gasteiger partial charge in [-0.05, 0) is 38.3 Å². The van der Waals surface area contributed by atoms with Crippen LogP contribution in [-0.4, -0.2) is 39.6 Å². The summed E-state index contributed by atoms with van der Waals surface area (Å²) in [6.45, 7) is 6.77. The van der Waals surface area contributed by atoms with Crippen LogP contribution in [0.2, 0.25) is 0 Å². The Morgan fingerprint density at radius 3 is 2.72 bits per heavy atom. The highest BCUT2D eigenvalue weighted by Gasteiger charge is 2.20. The number of rotatable bonds is 8. The number of carbonyl (C=O) groups excluding carboxylic acids is 1. The normalized spacial score (nSPS) is 12.2. The molecule has 1 aromatic carbocycles. The highest BCUT2D eigenvalue weighted by Crippen LogP contribution is 2.24. The lowest BCUT2D eigenvalue weighted by Crippen LogP contribution is -2.25. The molecule has 0 saturated carbocycles. The number of methoxy groups -OCH3 is 1. The van der Waals surface area contributed by atoms with E-state index in [0.717, 1.165) is 16.8 Å². The van der Waals surface area contributed by atoms with E-state index in [0.29, 0.717) is 24.7 Å². The van der Waals surface area contributed by atoms with Gasteiger partial charge >= 0.3 is 5.69 Å². The van der Waals surface area contributed by atoms with Crippen LogP contribution in [0.5, 0.6) is 0 Å². The molecule has 2 aromatic rings. The lowest BCUT2D eigenvalue weighted by molar-refractivity contribution is -0.115. The molecule has 1 atom stereocenters. The summed E-state index contributed by atoms with van der Waals surface area (Å²) in [5, 5.41) is 9.55. The number of hydrogen-bond donors (Lipinski definition) is 2. The van der Waals surface area contributed by atoms with E-state index in [9.17, 15) is 9.59 Å². The molecule has 0 fully saturated rings. The third-order valence-electron chi connectivity index (χ3n) is 3.83. The molecule has 25 heavy (non-hydrogen) atoms. The molecule has 2 N–H and O–H groups in total. The number of ether oxygens (including phenoxy) is 1. The van der Waals surface area contributed by atoms with Crippen molar-refractivity contribution in [3.63, 3.8) is 0 Å². The fourth-order valence-electron chi connectivity index (χ4n) is 2.41. The number of nitrogens with zero attached hydrogens (tertiary/aromatic N) is 2. The van der Waals surface area contributed by atoms with Crippen molar-refractivity contribution in [1.82, 2.24) is 14.8 Å². The Morgan fingerprint density at radius 2 is 2.08 bits per heavy atom. The van der Waals surface area contributed by atoms with Crippen LogP contribution in [0.4, 0.5) is 5.69 Å². The predicted molar refractivity (Wildman–Crippen MR) is 99.2 cm³/mol. The quantitative estimate of drug-likeness (QED) is 0.554. The van der Waals surface area contributed by atoms with Gasteiger partial charge in [0.2, 0.25) is 5.91 Å². The lowest BCUT2D eigenvalue weighted by atomic mass is 10.1. The van der Waals surface area contributed by atoms with Gasteiger partial charge in [0.25, 0.3) is 0 Å². The smallest absolute Gasteiger partial charge is 0.343 e. The van der Waals surface area contributed by atoms with Crippen molar-refractivity contribution < 1.29 is 9.53 Å². The molecule has 0 aliphatic heterocycles. The monoisotopic (exact) mass is 364 g/mol. The molecule has 1 heterocycles. The molecule has 7 nitrogen and oxygen atoms in total. The number of anilines is 1. The van der Waals surface area contributed by atoms with E-state index in [-0.39, 0.29) is 11.6 Å². The first-order valence-electron chi connectivity index (χ1n) is 8.12. The van der Waals surface area contributed by atoms with Crippen LogP contribution >= 0.6 is 11.8 Å². The SMILES string of the molecule is COCCCn1c(SC(C)C(=O)Nc2c(C)cccc2C)n[nH]c1=O. The minimum absolute atomic E-state index is 0.124. The highest BCUT2D eigenvalue weighted by molar-refractivity contribution is 8.00. The van der Waals surface area contributed by atoms with Crippen molar-refractivity contribution in [3.8, 4) is 0 Å². The molecule has 8 heteroatoms. The molecule has 0 aliphatic rings. The maximum atomic E-state index is 12.5. The van der Waals surface area contributed by atoms with Crippen LogP contribution in [0.15, 0.2) is 28.2 Å². The number of aromatic nitrogens is 3. The van der Waals surface area contributed by atoms with Crippen molar-refractivity contribution in [2.75, 3.05) is 19.0 Å². The number of aryl methyl sites for hydroxylation is 2. The molecule has 136 valence electrons. The summed E-state index contributed by atoms with van der Waals surface area (Å²) in [7, 11) is 1.62. The van der Waals surface area contributed by atoms with Crippen molar-refractivity contribution in [2.45, 2.75) is 44.1 Å². The molecule has 1 unspecified atom stereocenters. The van der Waals surface area contributed by atoms with E-state index >= 15 is 0 Å². The van der Waals surface area contributed by atoms with Crippen molar-refractivity contribution >= 4 is 23.4 Å². The number of hydrogen-bond acceptors (Lipinski definition) is 5. The number of para-hydroxylation sites is 1. The van der Waals surface area contributed by atoms with E-state index in [4.69, 9.17) is 4.74 Å². The number of nitrogens with one attached hydrogen (secondary N) is 2. The largest absolute Gasteiger partial charge is 0.385 e. The van der Waals surface area contributed by atoms with Gasteiger partial charge in [0.1, 0.15) is 0 Å². The third-order valence-corrected chi connectivity index (χ3v) is 4.92. The van der Waals surface area contributed by atoms with E-state index in [1.807, 2.05) is 32.0 Å². The zero-order valence-corrected chi connectivity index (χ0v) is 15.8. The Kier molecular flexibility index (Phi) is 6.83. The van der Waals surface area contributed by atoms with E-state index in [2.05, 4.69) is 15.5 Å². The Morgan fingerprint density at radius 1 is 1.40 bits per heavy atom. The van der Waals surface area contributed by atoms with Gasteiger partial charge in [-0.25, -0.2) is 9.89 Å². The standard InChI is InChI=1S/C17H24N4O3S/c1-11-7-5-8-12(2)14(11)18-15(22)13(3)25-17-20-19-16(23)21(17)9-6-10-24-4/h5,7-8,13H,6,9-10H2,1-4H3,(H,18,22)(H,19,23). The third kappa shape index (κ3) is 4.96. The molecule has 0 aliphatic carbocycles. The zero-order chi connectivity index (χ0) is 18.4. The van der Waals surface area contributed by atoms with Crippen molar-refractivity contribution in [2.24, 2.45) is 0 Å². The lowest BCUT2D eigenvalue weighted by Gasteiger charge is -2.15. The summed E-state index contributed by atoms with van der Waals surface area (Å²) in [5.74, 6) is -0.124. The van der Waals surface area contributed by atoms with Gasteiger partial charge in [-0.2, -0.15) is 0 Å². The first-order chi connectivity index (χ1) is 11.9. The maximum Gasteiger partial charge on any atom is 0.343 e.